The third-order valence-electron chi connectivity index (χ3n) is 5.14. The summed E-state index contributed by atoms with van der Waals surface area (Å²) in [7, 11) is 0. The van der Waals surface area contributed by atoms with E-state index >= 15 is 0 Å². The summed E-state index contributed by atoms with van der Waals surface area (Å²) in [5.41, 5.74) is 0.771. The molecule has 1 aliphatic heterocycles. The van der Waals surface area contributed by atoms with Gasteiger partial charge in [-0.3, -0.25) is 4.79 Å². The van der Waals surface area contributed by atoms with E-state index < -0.39 is 17.7 Å². The first-order valence-corrected chi connectivity index (χ1v) is 12.1. The van der Waals surface area contributed by atoms with Crippen molar-refractivity contribution in [2.75, 3.05) is 43.1 Å². The van der Waals surface area contributed by atoms with Crippen molar-refractivity contribution in [3.63, 3.8) is 0 Å². The SMILES string of the molecule is CCOC(=O)n1nc(NC(=O)c2ccc(N3CCOCC3)cc2)c2cc(C(=O)OC(C)(C)C)sc21. The minimum atomic E-state index is -0.703. The Bertz CT molecular complexity index is 1240. The fourth-order valence-corrected chi connectivity index (χ4v) is 4.54. The summed E-state index contributed by atoms with van der Waals surface area (Å²) in [6.45, 7) is 10.1. The lowest BCUT2D eigenvalue weighted by atomic mass is 10.1. The topological polar surface area (TPSA) is 112 Å². The van der Waals surface area contributed by atoms with E-state index in [2.05, 4.69) is 15.3 Å². The number of benzene rings is 1. The number of ether oxygens (including phenoxy) is 3. The predicted molar refractivity (Wildman–Crippen MR) is 133 cm³/mol. The van der Waals surface area contributed by atoms with E-state index in [-0.39, 0.29) is 23.2 Å². The third kappa shape index (κ3) is 5.63. The van der Waals surface area contributed by atoms with Crippen molar-refractivity contribution in [2.24, 2.45) is 0 Å². The second-order valence-corrected chi connectivity index (χ2v) is 9.92. The maximum Gasteiger partial charge on any atom is 0.436 e. The maximum absolute atomic E-state index is 13.0. The average Bonchev–Trinajstić information content (AvgIpc) is 3.39. The van der Waals surface area contributed by atoms with Gasteiger partial charge in [0.25, 0.3) is 5.91 Å². The van der Waals surface area contributed by atoms with Crippen LogP contribution in [-0.4, -0.2) is 66.3 Å². The third-order valence-corrected chi connectivity index (χ3v) is 6.23. The van der Waals surface area contributed by atoms with Crippen LogP contribution in [0, 0.1) is 0 Å². The number of anilines is 2. The van der Waals surface area contributed by atoms with E-state index in [0.717, 1.165) is 34.8 Å². The molecule has 11 heteroatoms. The number of nitrogens with one attached hydrogen (secondary N) is 1. The Kier molecular flexibility index (Phi) is 7.08. The molecule has 0 bridgehead atoms. The fourth-order valence-electron chi connectivity index (χ4n) is 3.56. The first-order chi connectivity index (χ1) is 16.7. The zero-order valence-electron chi connectivity index (χ0n) is 20.1. The smallest absolute Gasteiger partial charge is 0.436 e. The molecule has 0 spiro atoms. The molecular weight excluding hydrogens is 472 g/mol. The first-order valence-electron chi connectivity index (χ1n) is 11.3. The van der Waals surface area contributed by atoms with Gasteiger partial charge in [-0.2, -0.15) is 4.68 Å². The second-order valence-electron chi connectivity index (χ2n) is 8.89. The van der Waals surface area contributed by atoms with Crippen LogP contribution in [0.25, 0.3) is 10.2 Å². The minimum Gasteiger partial charge on any atom is -0.456 e. The van der Waals surface area contributed by atoms with E-state index in [1.54, 1.807) is 45.9 Å². The van der Waals surface area contributed by atoms with Gasteiger partial charge in [0, 0.05) is 24.3 Å². The molecule has 1 aromatic carbocycles. The minimum absolute atomic E-state index is 0.154. The number of nitrogens with zero attached hydrogens (tertiary/aromatic N) is 3. The standard InChI is InChI=1S/C24H28N4O6S/c1-5-33-23(31)28-21-17(14-18(35-21)22(30)34-24(2,3)4)19(26-28)25-20(29)15-6-8-16(9-7-15)27-10-12-32-13-11-27/h6-9,14H,5,10-13H2,1-4H3,(H,25,26,29). The summed E-state index contributed by atoms with van der Waals surface area (Å²) < 4.78 is 17.0. The van der Waals surface area contributed by atoms with Crippen LogP contribution in [-0.2, 0) is 14.2 Å². The van der Waals surface area contributed by atoms with Gasteiger partial charge >= 0.3 is 12.1 Å². The van der Waals surface area contributed by atoms with Gasteiger partial charge in [0.1, 0.15) is 15.3 Å². The van der Waals surface area contributed by atoms with Crippen LogP contribution >= 0.6 is 11.3 Å². The van der Waals surface area contributed by atoms with Gasteiger partial charge in [-0.15, -0.1) is 16.4 Å². The van der Waals surface area contributed by atoms with Gasteiger partial charge in [-0.25, -0.2) is 9.59 Å². The molecule has 0 saturated carbocycles. The molecule has 3 aromatic rings. The summed E-state index contributed by atoms with van der Waals surface area (Å²) in [6, 6.07) is 8.81. The van der Waals surface area contributed by atoms with Crippen molar-refractivity contribution in [1.82, 2.24) is 9.78 Å². The number of carbonyl (C=O) groups excluding carboxylic acids is 3. The van der Waals surface area contributed by atoms with Crippen LogP contribution in [0.4, 0.5) is 16.3 Å². The Hall–Kier alpha value is -3.44. The van der Waals surface area contributed by atoms with Gasteiger partial charge in [-0.05, 0) is 58.0 Å². The van der Waals surface area contributed by atoms with E-state index in [1.807, 2.05) is 12.1 Å². The molecule has 3 heterocycles. The van der Waals surface area contributed by atoms with Crippen molar-refractivity contribution in [3.8, 4) is 0 Å². The van der Waals surface area contributed by atoms with E-state index in [4.69, 9.17) is 14.2 Å². The van der Waals surface area contributed by atoms with Crippen LogP contribution < -0.4 is 10.2 Å². The van der Waals surface area contributed by atoms with Crippen molar-refractivity contribution < 1.29 is 28.6 Å². The number of rotatable bonds is 5. The highest BCUT2D eigenvalue weighted by Crippen LogP contribution is 2.33. The average molecular weight is 501 g/mol. The summed E-state index contributed by atoms with van der Waals surface area (Å²) in [5.74, 6) is -0.759. The number of esters is 1. The maximum atomic E-state index is 13.0. The van der Waals surface area contributed by atoms with Crippen LogP contribution in [0.3, 0.4) is 0 Å². The second kappa shape index (κ2) is 10.0. The molecule has 4 rings (SSSR count). The number of aromatic nitrogens is 2. The molecule has 0 aliphatic carbocycles. The van der Waals surface area contributed by atoms with Crippen molar-refractivity contribution in [3.05, 3.63) is 40.8 Å². The molecular formula is C24H28N4O6S. The highest BCUT2D eigenvalue weighted by atomic mass is 32.1. The van der Waals surface area contributed by atoms with Gasteiger partial charge < -0.3 is 24.4 Å². The highest BCUT2D eigenvalue weighted by Gasteiger charge is 2.26. The normalized spacial score (nSPS) is 14.1. The number of carbonyl (C=O) groups is 3. The number of fused-ring (bicyclic) bond motifs is 1. The molecule has 0 atom stereocenters. The molecule has 35 heavy (non-hydrogen) atoms. The Balaban J connectivity index is 1.60. The van der Waals surface area contributed by atoms with Gasteiger partial charge in [0.15, 0.2) is 5.82 Å². The lowest BCUT2D eigenvalue weighted by Crippen LogP contribution is -2.36. The predicted octanol–water partition coefficient (Wildman–Crippen LogP) is 4.15. The summed E-state index contributed by atoms with van der Waals surface area (Å²) in [5, 5.41) is 7.45. The largest absolute Gasteiger partial charge is 0.456 e. The van der Waals surface area contributed by atoms with Crippen molar-refractivity contribution in [1.29, 1.82) is 0 Å². The number of thiophene rings is 1. The van der Waals surface area contributed by atoms with Gasteiger partial charge in [-0.1, -0.05) is 0 Å². The lowest BCUT2D eigenvalue weighted by Gasteiger charge is -2.28. The number of hydrogen-bond acceptors (Lipinski definition) is 9. The Labute approximate surface area is 206 Å². The molecule has 1 amide bonds. The molecule has 1 aliphatic rings. The summed E-state index contributed by atoms with van der Waals surface area (Å²) >= 11 is 1.05. The monoisotopic (exact) mass is 500 g/mol. The van der Waals surface area contributed by atoms with Gasteiger partial charge in [0.2, 0.25) is 0 Å². The molecule has 0 unspecified atom stereocenters. The molecule has 0 radical (unpaired) electrons. The molecule has 1 N–H and O–H groups in total. The highest BCUT2D eigenvalue weighted by molar-refractivity contribution is 7.20. The first kappa shape index (κ1) is 24.7. The number of morpholine rings is 1. The van der Waals surface area contributed by atoms with E-state index in [1.165, 1.54) is 0 Å². The zero-order valence-corrected chi connectivity index (χ0v) is 20.9. The van der Waals surface area contributed by atoms with Crippen molar-refractivity contribution in [2.45, 2.75) is 33.3 Å². The quantitative estimate of drug-likeness (QED) is 0.520. The van der Waals surface area contributed by atoms with Gasteiger partial charge in [0.05, 0.1) is 25.2 Å². The lowest BCUT2D eigenvalue weighted by molar-refractivity contribution is 0.00751. The van der Waals surface area contributed by atoms with Crippen LogP contribution in [0.1, 0.15) is 47.7 Å². The fraction of sp³-hybridized carbons (Fsp3) is 0.417. The van der Waals surface area contributed by atoms with Crippen LogP contribution in [0.15, 0.2) is 30.3 Å². The van der Waals surface area contributed by atoms with E-state index in [0.29, 0.717) is 29.0 Å². The molecule has 10 nitrogen and oxygen atoms in total. The Morgan fingerprint density at radius 2 is 1.83 bits per heavy atom. The summed E-state index contributed by atoms with van der Waals surface area (Å²) in [4.78, 5) is 40.9. The Morgan fingerprint density at radius 3 is 2.46 bits per heavy atom. The van der Waals surface area contributed by atoms with Crippen molar-refractivity contribution >= 4 is 51.0 Å². The number of amides is 1. The molecule has 186 valence electrons. The summed E-state index contributed by atoms with van der Waals surface area (Å²) in [6.07, 6.45) is -0.703. The van der Waals surface area contributed by atoms with Crippen LogP contribution in [0.5, 0.6) is 0 Å². The zero-order chi connectivity index (χ0) is 25.2. The molecule has 1 saturated heterocycles. The van der Waals surface area contributed by atoms with E-state index in [9.17, 15) is 14.4 Å². The molecule has 2 aromatic heterocycles. The Morgan fingerprint density at radius 1 is 1.14 bits per heavy atom. The van der Waals surface area contributed by atoms with Crippen LogP contribution in [0.2, 0.25) is 0 Å². The number of hydrogen-bond donors (Lipinski definition) is 1. The molecule has 1 fully saturated rings.